The molecule has 2 aliphatic heterocycles. The van der Waals surface area contributed by atoms with Gasteiger partial charge in [0.2, 0.25) is 5.91 Å². The van der Waals surface area contributed by atoms with Crippen LogP contribution in [-0.4, -0.2) is 32.7 Å². The maximum Gasteiger partial charge on any atom is 0.264 e. The molecule has 2 aliphatic rings. The number of fused-ring (bicyclic) bond motifs is 2. The van der Waals surface area contributed by atoms with Crippen LogP contribution < -0.4 is 9.21 Å². The molecule has 0 aromatic heterocycles. The van der Waals surface area contributed by atoms with Gasteiger partial charge in [0.1, 0.15) is 0 Å². The van der Waals surface area contributed by atoms with Gasteiger partial charge in [-0.1, -0.05) is 25.1 Å². The van der Waals surface area contributed by atoms with Crippen molar-refractivity contribution in [1.29, 1.82) is 0 Å². The highest BCUT2D eigenvalue weighted by atomic mass is 32.2. The predicted octanol–water partition coefficient (Wildman–Crippen LogP) is 3.68. The van der Waals surface area contributed by atoms with Crippen molar-refractivity contribution in [2.24, 2.45) is 0 Å². The molecule has 0 spiro atoms. The van der Waals surface area contributed by atoms with Gasteiger partial charge in [-0.15, -0.1) is 11.8 Å². The normalized spacial score (nSPS) is 19.4. The average Bonchev–Trinajstić information content (AvgIpc) is 2.66. The summed E-state index contributed by atoms with van der Waals surface area (Å²) in [5.74, 6) is -0.0241. The van der Waals surface area contributed by atoms with Crippen LogP contribution in [0.3, 0.4) is 0 Å². The quantitative estimate of drug-likeness (QED) is 0.769. The van der Waals surface area contributed by atoms with Crippen molar-refractivity contribution < 1.29 is 13.2 Å². The van der Waals surface area contributed by atoms with Crippen molar-refractivity contribution in [2.45, 2.75) is 41.7 Å². The van der Waals surface area contributed by atoms with Crippen LogP contribution in [0, 0.1) is 0 Å². The number of aryl methyl sites for hydroxylation is 1. The third-order valence-corrected chi connectivity index (χ3v) is 7.97. The van der Waals surface area contributed by atoms with E-state index in [1.807, 2.05) is 31.2 Å². The predicted molar refractivity (Wildman–Crippen MR) is 109 cm³/mol. The zero-order valence-corrected chi connectivity index (χ0v) is 17.0. The van der Waals surface area contributed by atoms with Crippen LogP contribution in [-0.2, 0) is 21.2 Å². The van der Waals surface area contributed by atoms with E-state index in [-0.39, 0.29) is 16.1 Å². The van der Waals surface area contributed by atoms with Gasteiger partial charge < -0.3 is 4.90 Å². The number of anilines is 2. The third kappa shape index (κ3) is 3.23. The lowest BCUT2D eigenvalue weighted by Gasteiger charge is -2.33. The number of carbonyl (C=O) groups excluding carboxylic acids is 1. The first kappa shape index (κ1) is 18.4. The molecule has 0 fully saturated rings. The van der Waals surface area contributed by atoms with E-state index in [1.165, 1.54) is 4.31 Å². The Kier molecular flexibility index (Phi) is 4.68. The summed E-state index contributed by atoms with van der Waals surface area (Å²) in [6.07, 6.45) is 1.71. The second-order valence-electron chi connectivity index (χ2n) is 7.00. The number of carbonyl (C=O) groups is 1. The van der Waals surface area contributed by atoms with Crippen LogP contribution in [0.2, 0.25) is 0 Å². The van der Waals surface area contributed by atoms with Crippen molar-refractivity contribution in [2.75, 3.05) is 22.3 Å². The highest BCUT2D eigenvalue weighted by molar-refractivity contribution is 8.00. The summed E-state index contributed by atoms with van der Waals surface area (Å²) in [6, 6.07) is 12.8. The number of para-hydroxylation sites is 1. The highest BCUT2D eigenvalue weighted by Crippen LogP contribution is 2.41. The molecule has 0 saturated heterocycles. The zero-order chi connectivity index (χ0) is 19.2. The second kappa shape index (κ2) is 6.87. The molecule has 1 unspecified atom stereocenters. The van der Waals surface area contributed by atoms with Crippen LogP contribution >= 0.6 is 11.8 Å². The lowest BCUT2D eigenvalue weighted by Crippen LogP contribution is -2.37. The first-order valence-corrected chi connectivity index (χ1v) is 11.4. The van der Waals surface area contributed by atoms with Crippen molar-refractivity contribution in [3.05, 3.63) is 48.0 Å². The molecule has 0 radical (unpaired) electrons. The van der Waals surface area contributed by atoms with Crippen LogP contribution in [0.1, 0.15) is 25.8 Å². The Morgan fingerprint density at radius 2 is 1.93 bits per heavy atom. The third-order valence-electron chi connectivity index (χ3n) is 5.03. The lowest BCUT2D eigenvalue weighted by atomic mass is 10.0. The molecule has 0 bridgehead atoms. The smallest absolute Gasteiger partial charge is 0.264 e. The molecule has 7 heteroatoms. The molecule has 2 aromatic rings. The second-order valence-corrected chi connectivity index (χ2v) is 10.3. The van der Waals surface area contributed by atoms with E-state index < -0.39 is 10.0 Å². The van der Waals surface area contributed by atoms with Crippen molar-refractivity contribution in [1.82, 2.24) is 0 Å². The fourth-order valence-corrected chi connectivity index (χ4v) is 6.55. The maximum absolute atomic E-state index is 13.4. The zero-order valence-electron chi connectivity index (χ0n) is 15.4. The van der Waals surface area contributed by atoms with E-state index in [0.717, 1.165) is 34.7 Å². The van der Waals surface area contributed by atoms with Crippen LogP contribution in [0.4, 0.5) is 11.4 Å². The van der Waals surface area contributed by atoms with E-state index in [1.54, 1.807) is 41.8 Å². The van der Waals surface area contributed by atoms with Crippen molar-refractivity contribution in [3.63, 3.8) is 0 Å². The summed E-state index contributed by atoms with van der Waals surface area (Å²) >= 11 is 1.62. The number of sulfonamides is 1. The van der Waals surface area contributed by atoms with Gasteiger partial charge in [0.15, 0.2) is 0 Å². The average molecular weight is 403 g/mol. The Bertz CT molecular complexity index is 1000. The van der Waals surface area contributed by atoms with E-state index >= 15 is 0 Å². The van der Waals surface area contributed by atoms with E-state index in [0.29, 0.717) is 13.1 Å². The molecule has 1 atom stereocenters. The van der Waals surface area contributed by atoms with Gasteiger partial charge in [0, 0.05) is 30.2 Å². The Morgan fingerprint density at radius 1 is 1.15 bits per heavy atom. The van der Waals surface area contributed by atoms with E-state index in [4.69, 9.17) is 0 Å². The standard InChI is InChI=1S/C20H22N2O3S2/c1-14-13-21(15(2)23)19-10-9-17(12-20(19)26-14)27(24,25)22-11-5-7-16-6-3-4-8-18(16)22/h3-4,6,8-10,12,14H,5,7,11,13H2,1-2H3. The van der Waals surface area contributed by atoms with Gasteiger partial charge >= 0.3 is 0 Å². The molecule has 27 heavy (non-hydrogen) atoms. The van der Waals surface area contributed by atoms with Gasteiger partial charge in [0.25, 0.3) is 10.0 Å². The topological polar surface area (TPSA) is 57.7 Å². The number of amides is 1. The van der Waals surface area contributed by atoms with Gasteiger partial charge in [-0.2, -0.15) is 0 Å². The van der Waals surface area contributed by atoms with Crippen LogP contribution in [0.25, 0.3) is 0 Å². The summed E-state index contributed by atoms with van der Waals surface area (Å²) in [5.41, 5.74) is 2.63. The largest absolute Gasteiger partial charge is 0.310 e. The van der Waals surface area contributed by atoms with Gasteiger partial charge in [-0.05, 0) is 42.7 Å². The summed E-state index contributed by atoms with van der Waals surface area (Å²) in [6.45, 7) is 4.71. The lowest BCUT2D eigenvalue weighted by molar-refractivity contribution is -0.116. The molecule has 4 rings (SSSR count). The van der Waals surface area contributed by atoms with E-state index in [9.17, 15) is 13.2 Å². The first-order valence-electron chi connectivity index (χ1n) is 9.07. The minimum Gasteiger partial charge on any atom is -0.310 e. The van der Waals surface area contributed by atoms with E-state index in [2.05, 4.69) is 0 Å². The fraction of sp³-hybridized carbons (Fsp3) is 0.350. The molecule has 1 amide bonds. The van der Waals surface area contributed by atoms with Crippen LogP contribution in [0.15, 0.2) is 52.3 Å². The van der Waals surface area contributed by atoms with Gasteiger partial charge in [-0.3, -0.25) is 9.10 Å². The monoisotopic (exact) mass is 402 g/mol. The number of rotatable bonds is 2. The number of thioether (sulfide) groups is 1. The Labute approximate surface area is 164 Å². The van der Waals surface area contributed by atoms with Gasteiger partial charge in [0.05, 0.1) is 16.3 Å². The summed E-state index contributed by atoms with van der Waals surface area (Å²) in [5, 5.41) is 0.218. The van der Waals surface area contributed by atoms with Crippen molar-refractivity contribution >= 4 is 39.1 Å². The molecule has 5 nitrogen and oxygen atoms in total. The molecule has 0 N–H and O–H groups in total. The molecule has 0 aliphatic carbocycles. The molecular weight excluding hydrogens is 380 g/mol. The van der Waals surface area contributed by atoms with Crippen molar-refractivity contribution in [3.8, 4) is 0 Å². The highest BCUT2D eigenvalue weighted by Gasteiger charge is 2.31. The molecule has 142 valence electrons. The van der Waals surface area contributed by atoms with Crippen LogP contribution in [0.5, 0.6) is 0 Å². The fourth-order valence-electron chi connectivity index (χ4n) is 3.76. The number of hydrogen-bond donors (Lipinski definition) is 0. The number of benzene rings is 2. The minimum atomic E-state index is -3.65. The molecule has 0 saturated carbocycles. The summed E-state index contributed by atoms with van der Waals surface area (Å²) < 4.78 is 28.3. The molecule has 2 heterocycles. The summed E-state index contributed by atoms with van der Waals surface area (Å²) in [4.78, 5) is 14.8. The Morgan fingerprint density at radius 3 is 2.70 bits per heavy atom. The SMILES string of the molecule is CC(=O)N1CC(C)Sc2cc(S(=O)(=O)N3CCCc4ccccc43)ccc21. The Balaban J connectivity index is 1.76. The van der Waals surface area contributed by atoms with Gasteiger partial charge in [-0.25, -0.2) is 8.42 Å². The Hall–Kier alpha value is -1.99. The molecule has 2 aromatic carbocycles. The number of hydrogen-bond acceptors (Lipinski definition) is 4. The molecular formula is C20H22N2O3S2. The summed E-state index contributed by atoms with van der Waals surface area (Å²) in [7, 11) is -3.65. The maximum atomic E-state index is 13.4. The first-order chi connectivity index (χ1) is 12.9. The minimum absolute atomic E-state index is 0.0241. The number of nitrogens with zero attached hydrogens (tertiary/aromatic N) is 2.